The van der Waals surface area contributed by atoms with E-state index in [0.29, 0.717) is 23.1 Å². The number of nitrogens with one attached hydrogen (secondary N) is 1. The summed E-state index contributed by atoms with van der Waals surface area (Å²) in [5.41, 5.74) is 5.83. The molecule has 0 unspecified atom stereocenters. The van der Waals surface area contributed by atoms with Gasteiger partial charge in [0, 0.05) is 12.1 Å². The predicted octanol–water partition coefficient (Wildman–Crippen LogP) is 2.23. The number of hydrogen-bond donors (Lipinski definition) is 2. The summed E-state index contributed by atoms with van der Waals surface area (Å²) < 4.78 is 0. The molecule has 0 aromatic carbocycles. The number of anilines is 1. The average molecular weight is 263 g/mol. The van der Waals surface area contributed by atoms with Crippen molar-refractivity contribution in [3.8, 4) is 0 Å². The number of nitrogens with two attached hydrogens (primary N) is 1. The maximum absolute atomic E-state index is 5.83. The van der Waals surface area contributed by atoms with Gasteiger partial charge in [-0.15, -0.1) is 12.4 Å². The van der Waals surface area contributed by atoms with Crippen LogP contribution in [0.25, 0.3) is 0 Å². The van der Waals surface area contributed by atoms with Crippen molar-refractivity contribution >= 4 is 30.0 Å². The van der Waals surface area contributed by atoms with E-state index >= 15 is 0 Å². The van der Waals surface area contributed by atoms with E-state index in [1.165, 1.54) is 0 Å². The van der Waals surface area contributed by atoms with Crippen LogP contribution in [0.15, 0.2) is 12.4 Å². The van der Waals surface area contributed by atoms with Crippen LogP contribution >= 0.6 is 24.0 Å². The highest BCUT2D eigenvalue weighted by atomic mass is 35.5. The zero-order chi connectivity index (χ0) is 10.7. The SMILES string of the molecule is Cl.NC1CCC(Nc2ncc(Cl)cn2)CC1. The highest BCUT2D eigenvalue weighted by Gasteiger charge is 2.18. The summed E-state index contributed by atoms with van der Waals surface area (Å²) in [6.07, 6.45) is 7.54. The molecule has 0 saturated heterocycles. The molecule has 6 heteroatoms. The van der Waals surface area contributed by atoms with E-state index in [4.69, 9.17) is 17.3 Å². The molecule has 1 aromatic rings. The minimum absolute atomic E-state index is 0. The summed E-state index contributed by atoms with van der Waals surface area (Å²) in [6, 6.07) is 0.820. The van der Waals surface area contributed by atoms with Crippen LogP contribution in [0.4, 0.5) is 5.95 Å². The van der Waals surface area contributed by atoms with Crippen LogP contribution in [0.3, 0.4) is 0 Å². The molecule has 0 aliphatic heterocycles. The lowest BCUT2D eigenvalue weighted by atomic mass is 9.92. The zero-order valence-corrected chi connectivity index (χ0v) is 10.5. The average Bonchev–Trinajstić information content (AvgIpc) is 2.25. The topological polar surface area (TPSA) is 63.8 Å². The van der Waals surface area contributed by atoms with Crippen LogP contribution in [0, 0.1) is 0 Å². The number of hydrogen-bond acceptors (Lipinski definition) is 4. The van der Waals surface area contributed by atoms with E-state index in [1.54, 1.807) is 12.4 Å². The quantitative estimate of drug-likeness (QED) is 0.858. The van der Waals surface area contributed by atoms with E-state index in [0.717, 1.165) is 25.7 Å². The third kappa shape index (κ3) is 3.77. The summed E-state index contributed by atoms with van der Waals surface area (Å²) in [4.78, 5) is 8.21. The summed E-state index contributed by atoms with van der Waals surface area (Å²) in [7, 11) is 0. The van der Waals surface area contributed by atoms with Gasteiger partial charge in [-0.1, -0.05) is 11.6 Å². The molecule has 0 amide bonds. The van der Waals surface area contributed by atoms with Crippen LogP contribution in [0.5, 0.6) is 0 Å². The second kappa shape index (κ2) is 6.23. The fourth-order valence-corrected chi connectivity index (χ4v) is 1.93. The molecule has 3 N–H and O–H groups in total. The Kier molecular flexibility index (Phi) is 5.25. The van der Waals surface area contributed by atoms with Gasteiger partial charge in [0.15, 0.2) is 0 Å². The molecule has 1 aromatic heterocycles. The standard InChI is InChI=1S/C10H15ClN4.ClH/c11-7-5-13-10(14-6-7)15-9-3-1-8(12)2-4-9;/h5-6,8-9H,1-4,12H2,(H,13,14,15);1H. The van der Waals surface area contributed by atoms with Gasteiger partial charge in [-0.2, -0.15) is 0 Å². The van der Waals surface area contributed by atoms with Gasteiger partial charge in [0.2, 0.25) is 5.95 Å². The van der Waals surface area contributed by atoms with Crippen molar-refractivity contribution in [1.82, 2.24) is 9.97 Å². The normalized spacial score (nSPS) is 24.6. The number of nitrogens with zero attached hydrogens (tertiary/aromatic N) is 2. The van der Waals surface area contributed by atoms with Crippen LogP contribution in [0.2, 0.25) is 5.02 Å². The first kappa shape index (κ1) is 13.5. The second-order valence-corrected chi connectivity index (χ2v) is 4.42. The van der Waals surface area contributed by atoms with Gasteiger partial charge in [0.05, 0.1) is 17.4 Å². The minimum Gasteiger partial charge on any atom is -0.351 e. The molecule has 2 rings (SSSR count). The summed E-state index contributed by atoms with van der Waals surface area (Å²) in [5.74, 6) is 0.653. The van der Waals surface area contributed by atoms with Crippen molar-refractivity contribution in [2.75, 3.05) is 5.32 Å². The molecule has 1 aliphatic carbocycles. The molecule has 90 valence electrons. The van der Waals surface area contributed by atoms with Crippen molar-refractivity contribution in [3.05, 3.63) is 17.4 Å². The van der Waals surface area contributed by atoms with E-state index in [2.05, 4.69) is 15.3 Å². The van der Waals surface area contributed by atoms with Crippen LogP contribution in [-0.4, -0.2) is 22.1 Å². The lowest BCUT2D eigenvalue weighted by Gasteiger charge is -2.26. The molecule has 0 atom stereocenters. The van der Waals surface area contributed by atoms with Crippen LogP contribution in [-0.2, 0) is 0 Å². The molecule has 1 heterocycles. The van der Waals surface area contributed by atoms with Gasteiger partial charge in [0.25, 0.3) is 0 Å². The fraction of sp³-hybridized carbons (Fsp3) is 0.600. The van der Waals surface area contributed by atoms with Crippen molar-refractivity contribution in [2.24, 2.45) is 5.73 Å². The van der Waals surface area contributed by atoms with Crippen molar-refractivity contribution in [3.63, 3.8) is 0 Å². The highest BCUT2D eigenvalue weighted by Crippen LogP contribution is 2.19. The summed E-state index contributed by atoms with van der Waals surface area (Å²) >= 11 is 5.70. The molecule has 16 heavy (non-hydrogen) atoms. The van der Waals surface area contributed by atoms with E-state index < -0.39 is 0 Å². The maximum atomic E-state index is 5.83. The van der Waals surface area contributed by atoms with E-state index in [-0.39, 0.29) is 12.4 Å². The third-order valence-electron chi connectivity index (χ3n) is 2.73. The lowest BCUT2D eigenvalue weighted by molar-refractivity contribution is 0.410. The first-order chi connectivity index (χ1) is 7.24. The first-order valence-electron chi connectivity index (χ1n) is 5.23. The fourth-order valence-electron chi connectivity index (χ4n) is 1.83. The second-order valence-electron chi connectivity index (χ2n) is 3.98. The molecule has 0 bridgehead atoms. The maximum Gasteiger partial charge on any atom is 0.222 e. The van der Waals surface area contributed by atoms with Crippen molar-refractivity contribution in [2.45, 2.75) is 37.8 Å². The predicted molar refractivity (Wildman–Crippen MR) is 68.1 cm³/mol. The molecule has 0 spiro atoms. The number of rotatable bonds is 2. The Morgan fingerprint density at radius 1 is 1.19 bits per heavy atom. The first-order valence-corrected chi connectivity index (χ1v) is 5.61. The van der Waals surface area contributed by atoms with Gasteiger partial charge in [0.1, 0.15) is 0 Å². The summed E-state index contributed by atoms with van der Waals surface area (Å²) in [6.45, 7) is 0. The Balaban J connectivity index is 0.00000128. The number of aromatic nitrogens is 2. The molecule has 0 radical (unpaired) electrons. The Morgan fingerprint density at radius 3 is 2.31 bits per heavy atom. The zero-order valence-electron chi connectivity index (χ0n) is 8.90. The number of halogens is 2. The molecular formula is C10H16Cl2N4. The Morgan fingerprint density at radius 2 is 1.75 bits per heavy atom. The van der Waals surface area contributed by atoms with Gasteiger partial charge in [-0.05, 0) is 25.7 Å². The van der Waals surface area contributed by atoms with Gasteiger partial charge in [-0.25, -0.2) is 9.97 Å². The van der Waals surface area contributed by atoms with Gasteiger partial charge in [-0.3, -0.25) is 0 Å². The molecular weight excluding hydrogens is 247 g/mol. The largest absolute Gasteiger partial charge is 0.351 e. The Labute approximate surface area is 106 Å². The van der Waals surface area contributed by atoms with E-state index in [1.807, 2.05) is 0 Å². The van der Waals surface area contributed by atoms with Crippen LogP contribution in [0.1, 0.15) is 25.7 Å². The molecule has 1 fully saturated rings. The lowest BCUT2D eigenvalue weighted by Crippen LogP contribution is -2.33. The van der Waals surface area contributed by atoms with E-state index in [9.17, 15) is 0 Å². The molecule has 1 saturated carbocycles. The van der Waals surface area contributed by atoms with Gasteiger partial charge < -0.3 is 11.1 Å². The highest BCUT2D eigenvalue weighted by molar-refractivity contribution is 6.30. The monoisotopic (exact) mass is 262 g/mol. The third-order valence-corrected chi connectivity index (χ3v) is 2.92. The molecule has 1 aliphatic rings. The van der Waals surface area contributed by atoms with Crippen LogP contribution < -0.4 is 11.1 Å². The van der Waals surface area contributed by atoms with Crippen molar-refractivity contribution < 1.29 is 0 Å². The minimum atomic E-state index is 0. The van der Waals surface area contributed by atoms with Crippen molar-refractivity contribution in [1.29, 1.82) is 0 Å². The van der Waals surface area contributed by atoms with Gasteiger partial charge >= 0.3 is 0 Å². The summed E-state index contributed by atoms with van der Waals surface area (Å²) in [5, 5.41) is 3.85. The smallest absolute Gasteiger partial charge is 0.222 e. The molecule has 4 nitrogen and oxygen atoms in total. The Bertz CT molecular complexity index is 309. The Hall–Kier alpha value is -0.580.